The van der Waals surface area contributed by atoms with Gasteiger partial charge >= 0.3 is 0 Å². The van der Waals surface area contributed by atoms with Crippen LogP contribution in [0.15, 0.2) is 18.3 Å². The highest BCUT2D eigenvalue weighted by molar-refractivity contribution is 5.92. The summed E-state index contributed by atoms with van der Waals surface area (Å²) in [5.74, 6) is -0.175. The summed E-state index contributed by atoms with van der Waals surface area (Å²) < 4.78 is 0. The van der Waals surface area contributed by atoms with Gasteiger partial charge in [0.05, 0.1) is 12.6 Å². The third-order valence-electron chi connectivity index (χ3n) is 1.89. The van der Waals surface area contributed by atoms with E-state index in [1.54, 1.807) is 18.3 Å². The number of aromatic nitrogens is 1. The van der Waals surface area contributed by atoms with E-state index in [0.717, 1.165) is 6.42 Å². The first-order valence-corrected chi connectivity index (χ1v) is 4.33. The zero-order valence-electron chi connectivity index (χ0n) is 7.58. The number of nitrogens with one attached hydrogen (secondary N) is 2. The quantitative estimate of drug-likeness (QED) is 0.635. The van der Waals surface area contributed by atoms with Gasteiger partial charge in [0.1, 0.15) is 5.69 Å². The van der Waals surface area contributed by atoms with Crippen LogP contribution in [0.1, 0.15) is 23.8 Å². The molecule has 0 saturated heterocycles. The first kappa shape index (κ1) is 9.80. The van der Waals surface area contributed by atoms with E-state index in [1.807, 2.05) is 6.92 Å². The van der Waals surface area contributed by atoms with Crippen molar-refractivity contribution in [2.24, 2.45) is 0 Å². The van der Waals surface area contributed by atoms with E-state index in [-0.39, 0.29) is 18.6 Å². The average Bonchev–Trinajstić information content (AvgIpc) is 2.66. The number of carbonyl (C=O) groups is 1. The summed E-state index contributed by atoms with van der Waals surface area (Å²) >= 11 is 0. The highest BCUT2D eigenvalue weighted by Gasteiger charge is 2.10. The molecular formula is C9H14N2O2. The van der Waals surface area contributed by atoms with Crippen LogP contribution >= 0.6 is 0 Å². The van der Waals surface area contributed by atoms with E-state index in [0.29, 0.717) is 5.69 Å². The van der Waals surface area contributed by atoms with Crippen molar-refractivity contribution in [1.29, 1.82) is 0 Å². The van der Waals surface area contributed by atoms with Gasteiger partial charge in [-0.15, -0.1) is 0 Å². The largest absolute Gasteiger partial charge is 0.394 e. The lowest BCUT2D eigenvalue weighted by Crippen LogP contribution is -2.37. The maximum Gasteiger partial charge on any atom is 0.267 e. The summed E-state index contributed by atoms with van der Waals surface area (Å²) in [6.07, 6.45) is 2.41. The Morgan fingerprint density at radius 2 is 2.54 bits per heavy atom. The van der Waals surface area contributed by atoms with E-state index >= 15 is 0 Å². The van der Waals surface area contributed by atoms with Crippen molar-refractivity contribution < 1.29 is 9.90 Å². The monoisotopic (exact) mass is 182 g/mol. The predicted octanol–water partition coefficient (Wildman–Crippen LogP) is 0.515. The Morgan fingerprint density at radius 3 is 3.00 bits per heavy atom. The minimum Gasteiger partial charge on any atom is -0.394 e. The van der Waals surface area contributed by atoms with Gasteiger partial charge in [0, 0.05) is 6.20 Å². The number of rotatable bonds is 4. The summed E-state index contributed by atoms with van der Waals surface area (Å²) in [5.41, 5.74) is 0.520. The first-order valence-electron chi connectivity index (χ1n) is 4.33. The summed E-state index contributed by atoms with van der Waals surface area (Å²) in [6.45, 7) is 1.89. The molecule has 0 fully saturated rings. The van der Waals surface area contributed by atoms with Crippen molar-refractivity contribution in [2.45, 2.75) is 19.4 Å². The van der Waals surface area contributed by atoms with Gasteiger partial charge in [-0.25, -0.2) is 0 Å². The molecule has 3 N–H and O–H groups in total. The molecule has 0 unspecified atom stereocenters. The molecule has 0 aliphatic heterocycles. The van der Waals surface area contributed by atoms with Gasteiger partial charge in [0.2, 0.25) is 0 Å². The second-order valence-electron chi connectivity index (χ2n) is 2.85. The maximum atomic E-state index is 11.4. The zero-order chi connectivity index (χ0) is 9.68. The van der Waals surface area contributed by atoms with E-state index in [9.17, 15) is 4.79 Å². The van der Waals surface area contributed by atoms with Crippen LogP contribution in [0.4, 0.5) is 0 Å². The summed E-state index contributed by atoms with van der Waals surface area (Å²) in [5, 5.41) is 11.5. The minimum absolute atomic E-state index is 0.0249. The first-order chi connectivity index (χ1) is 6.27. The molecule has 1 heterocycles. The van der Waals surface area contributed by atoms with Crippen LogP contribution in [0.25, 0.3) is 0 Å². The average molecular weight is 182 g/mol. The van der Waals surface area contributed by atoms with Crippen molar-refractivity contribution in [2.75, 3.05) is 6.61 Å². The Balaban J connectivity index is 2.50. The Hall–Kier alpha value is -1.29. The Labute approximate surface area is 77.0 Å². The van der Waals surface area contributed by atoms with Gasteiger partial charge in [0.25, 0.3) is 5.91 Å². The van der Waals surface area contributed by atoms with E-state index in [2.05, 4.69) is 10.3 Å². The third-order valence-corrected chi connectivity index (χ3v) is 1.89. The molecule has 0 aliphatic carbocycles. The fraction of sp³-hybridized carbons (Fsp3) is 0.444. The lowest BCUT2D eigenvalue weighted by molar-refractivity contribution is 0.0910. The Morgan fingerprint density at radius 1 is 1.77 bits per heavy atom. The number of amides is 1. The molecule has 0 aromatic carbocycles. The topological polar surface area (TPSA) is 65.1 Å². The molecule has 1 amide bonds. The Kier molecular flexibility index (Phi) is 3.52. The molecule has 13 heavy (non-hydrogen) atoms. The molecule has 0 saturated carbocycles. The second-order valence-corrected chi connectivity index (χ2v) is 2.85. The number of carbonyl (C=O) groups excluding carboxylic acids is 1. The van der Waals surface area contributed by atoms with Gasteiger partial charge in [-0.2, -0.15) is 0 Å². The second kappa shape index (κ2) is 4.67. The van der Waals surface area contributed by atoms with E-state index in [1.165, 1.54) is 0 Å². The molecule has 72 valence electrons. The predicted molar refractivity (Wildman–Crippen MR) is 49.4 cm³/mol. The van der Waals surface area contributed by atoms with Gasteiger partial charge in [-0.3, -0.25) is 4.79 Å². The fourth-order valence-electron chi connectivity index (χ4n) is 1.01. The van der Waals surface area contributed by atoms with Crippen molar-refractivity contribution in [3.8, 4) is 0 Å². The molecule has 1 atom stereocenters. The molecule has 0 spiro atoms. The van der Waals surface area contributed by atoms with Crippen LogP contribution in [-0.2, 0) is 0 Å². The molecular weight excluding hydrogens is 168 g/mol. The van der Waals surface area contributed by atoms with Crippen LogP contribution in [0, 0.1) is 0 Å². The van der Waals surface area contributed by atoms with Gasteiger partial charge in [0.15, 0.2) is 0 Å². The number of aliphatic hydroxyl groups is 1. The molecule has 0 bridgehead atoms. The van der Waals surface area contributed by atoms with Crippen LogP contribution in [0.3, 0.4) is 0 Å². The van der Waals surface area contributed by atoms with Crippen molar-refractivity contribution in [3.63, 3.8) is 0 Å². The highest BCUT2D eigenvalue weighted by Crippen LogP contribution is 1.96. The highest BCUT2D eigenvalue weighted by atomic mass is 16.3. The van der Waals surface area contributed by atoms with Crippen LogP contribution < -0.4 is 5.32 Å². The standard InChI is InChI=1S/C9H14N2O2/c1-2-7(6-12)11-9(13)8-4-3-5-10-8/h3-5,7,10,12H,2,6H2,1H3,(H,11,13)/t7-/m1/s1. The fourth-order valence-corrected chi connectivity index (χ4v) is 1.01. The maximum absolute atomic E-state index is 11.4. The molecule has 1 rings (SSSR count). The van der Waals surface area contributed by atoms with E-state index in [4.69, 9.17) is 5.11 Å². The SMILES string of the molecule is CC[C@H](CO)NC(=O)c1ccc[nH]1. The van der Waals surface area contributed by atoms with E-state index < -0.39 is 0 Å². The number of aliphatic hydroxyl groups excluding tert-OH is 1. The normalized spacial score (nSPS) is 12.5. The van der Waals surface area contributed by atoms with Crippen LogP contribution in [0.5, 0.6) is 0 Å². The summed E-state index contributed by atoms with van der Waals surface area (Å²) in [7, 11) is 0. The van der Waals surface area contributed by atoms with Crippen molar-refractivity contribution >= 4 is 5.91 Å². The minimum atomic E-state index is -0.175. The number of aromatic amines is 1. The Bertz CT molecular complexity index is 253. The number of hydrogen-bond donors (Lipinski definition) is 3. The number of hydrogen-bond acceptors (Lipinski definition) is 2. The summed E-state index contributed by atoms with van der Waals surface area (Å²) in [4.78, 5) is 14.2. The van der Waals surface area contributed by atoms with Crippen LogP contribution in [-0.4, -0.2) is 28.6 Å². The molecule has 1 aromatic rings. The zero-order valence-corrected chi connectivity index (χ0v) is 7.58. The third kappa shape index (κ3) is 2.59. The smallest absolute Gasteiger partial charge is 0.267 e. The molecule has 4 nitrogen and oxygen atoms in total. The van der Waals surface area contributed by atoms with Crippen molar-refractivity contribution in [3.05, 3.63) is 24.0 Å². The molecule has 1 aromatic heterocycles. The molecule has 4 heteroatoms. The van der Waals surface area contributed by atoms with Crippen molar-refractivity contribution in [1.82, 2.24) is 10.3 Å². The molecule has 0 aliphatic rings. The number of H-pyrrole nitrogens is 1. The lowest BCUT2D eigenvalue weighted by Gasteiger charge is -2.12. The summed E-state index contributed by atoms with van der Waals surface area (Å²) in [6, 6.07) is 3.30. The van der Waals surface area contributed by atoms with Crippen LogP contribution in [0.2, 0.25) is 0 Å². The van der Waals surface area contributed by atoms with Gasteiger partial charge in [-0.1, -0.05) is 6.92 Å². The molecule has 0 radical (unpaired) electrons. The lowest BCUT2D eigenvalue weighted by atomic mass is 10.2. The van der Waals surface area contributed by atoms with Gasteiger partial charge in [-0.05, 0) is 18.6 Å². The van der Waals surface area contributed by atoms with Gasteiger partial charge < -0.3 is 15.4 Å².